The van der Waals surface area contributed by atoms with Gasteiger partial charge in [-0.15, -0.1) is 0 Å². The fourth-order valence-electron chi connectivity index (χ4n) is 0.870. The van der Waals surface area contributed by atoms with Gasteiger partial charge in [0, 0.05) is 13.2 Å². The summed E-state index contributed by atoms with van der Waals surface area (Å²) in [6.45, 7) is 6.16. The molecule has 0 bridgehead atoms. The second-order valence-corrected chi connectivity index (χ2v) is 2.62. The van der Waals surface area contributed by atoms with Gasteiger partial charge < -0.3 is 14.8 Å². The summed E-state index contributed by atoms with van der Waals surface area (Å²) in [6, 6.07) is 0. The molecule has 0 aliphatic carbocycles. The van der Waals surface area contributed by atoms with Gasteiger partial charge in [0.25, 0.3) is 0 Å². The Labute approximate surface area is 75.4 Å². The zero-order chi connectivity index (χ0) is 9.07. The smallest absolute Gasteiger partial charge is 0.0700 e. The average molecular weight is 175 g/mol. The monoisotopic (exact) mass is 175 g/mol. The van der Waals surface area contributed by atoms with Crippen LogP contribution in [0.1, 0.15) is 19.8 Å². The Morgan fingerprint density at radius 3 is 2.42 bits per heavy atom. The van der Waals surface area contributed by atoms with E-state index >= 15 is 0 Å². The Bertz CT molecular complexity index is 68.9. The molecule has 0 aromatic rings. The van der Waals surface area contributed by atoms with E-state index in [0.29, 0.717) is 0 Å². The predicted octanol–water partition coefficient (Wildman–Crippen LogP) is 1.04. The van der Waals surface area contributed by atoms with E-state index in [2.05, 4.69) is 5.32 Å². The van der Waals surface area contributed by atoms with Gasteiger partial charge in [-0.25, -0.2) is 0 Å². The van der Waals surface area contributed by atoms with Crippen molar-refractivity contribution in [3.8, 4) is 0 Å². The van der Waals surface area contributed by atoms with E-state index in [0.717, 1.165) is 39.4 Å². The maximum absolute atomic E-state index is 5.33. The number of rotatable bonds is 9. The summed E-state index contributed by atoms with van der Waals surface area (Å²) in [5.41, 5.74) is 0. The van der Waals surface area contributed by atoms with E-state index in [1.165, 1.54) is 6.42 Å². The lowest BCUT2D eigenvalue weighted by atomic mass is 10.3. The van der Waals surface area contributed by atoms with Crippen molar-refractivity contribution in [2.75, 3.05) is 40.0 Å². The van der Waals surface area contributed by atoms with Crippen LogP contribution in [0.15, 0.2) is 0 Å². The van der Waals surface area contributed by atoms with Crippen LogP contribution in [0.4, 0.5) is 0 Å². The summed E-state index contributed by atoms with van der Waals surface area (Å²) >= 11 is 0. The summed E-state index contributed by atoms with van der Waals surface area (Å²) in [5, 5.41) is 3.10. The minimum atomic E-state index is 0.725. The minimum absolute atomic E-state index is 0.725. The van der Waals surface area contributed by atoms with E-state index in [4.69, 9.17) is 9.47 Å². The molecule has 0 unspecified atom stereocenters. The molecule has 74 valence electrons. The average Bonchev–Trinajstić information content (AvgIpc) is 2.10. The van der Waals surface area contributed by atoms with Crippen molar-refractivity contribution >= 4 is 0 Å². The minimum Gasteiger partial charge on any atom is -0.379 e. The van der Waals surface area contributed by atoms with Crippen molar-refractivity contribution in [2.24, 2.45) is 0 Å². The number of unbranched alkanes of at least 4 members (excludes halogenated alkanes) is 1. The molecule has 0 aliphatic heterocycles. The second-order valence-electron chi connectivity index (χ2n) is 2.62. The lowest BCUT2D eigenvalue weighted by Crippen LogP contribution is -2.09. The van der Waals surface area contributed by atoms with Gasteiger partial charge >= 0.3 is 0 Å². The van der Waals surface area contributed by atoms with Crippen LogP contribution in [0.5, 0.6) is 0 Å². The van der Waals surface area contributed by atoms with E-state index in [1.54, 1.807) is 0 Å². The molecular weight excluding hydrogens is 154 g/mol. The first-order valence-corrected chi connectivity index (χ1v) is 4.72. The van der Waals surface area contributed by atoms with Gasteiger partial charge in [0.1, 0.15) is 0 Å². The molecule has 0 spiro atoms. The van der Waals surface area contributed by atoms with Gasteiger partial charge in [0.05, 0.1) is 13.2 Å². The highest BCUT2D eigenvalue weighted by Crippen LogP contribution is 1.88. The predicted molar refractivity (Wildman–Crippen MR) is 50.5 cm³/mol. The molecule has 0 rings (SSSR count). The van der Waals surface area contributed by atoms with E-state index in [1.807, 2.05) is 14.0 Å². The van der Waals surface area contributed by atoms with Crippen LogP contribution in [0.25, 0.3) is 0 Å². The molecule has 0 aromatic carbocycles. The fraction of sp³-hybridized carbons (Fsp3) is 1.00. The van der Waals surface area contributed by atoms with Crippen LogP contribution in [-0.2, 0) is 9.47 Å². The zero-order valence-electron chi connectivity index (χ0n) is 8.27. The van der Waals surface area contributed by atoms with Gasteiger partial charge in [0.2, 0.25) is 0 Å². The highest BCUT2D eigenvalue weighted by atomic mass is 16.5. The molecule has 0 aromatic heterocycles. The van der Waals surface area contributed by atoms with Crippen molar-refractivity contribution in [1.82, 2.24) is 5.32 Å². The van der Waals surface area contributed by atoms with Crippen LogP contribution < -0.4 is 5.32 Å². The maximum atomic E-state index is 5.33. The summed E-state index contributed by atoms with van der Waals surface area (Å²) in [5.74, 6) is 0. The molecule has 1 N–H and O–H groups in total. The molecule has 0 radical (unpaired) electrons. The van der Waals surface area contributed by atoms with E-state index in [-0.39, 0.29) is 0 Å². The van der Waals surface area contributed by atoms with E-state index < -0.39 is 0 Å². The van der Waals surface area contributed by atoms with Gasteiger partial charge in [-0.1, -0.05) is 0 Å². The molecular formula is C9H21NO2. The zero-order valence-corrected chi connectivity index (χ0v) is 8.27. The SMILES string of the molecule is CCOCCOCCCCNC. The summed E-state index contributed by atoms with van der Waals surface area (Å²) in [6.07, 6.45) is 2.32. The third kappa shape index (κ3) is 9.88. The Hall–Kier alpha value is -0.120. The largest absolute Gasteiger partial charge is 0.379 e. The van der Waals surface area contributed by atoms with Crippen molar-refractivity contribution < 1.29 is 9.47 Å². The van der Waals surface area contributed by atoms with Gasteiger partial charge in [-0.05, 0) is 33.4 Å². The van der Waals surface area contributed by atoms with Gasteiger partial charge in [-0.3, -0.25) is 0 Å². The van der Waals surface area contributed by atoms with Crippen LogP contribution in [0, 0.1) is 0 Å². The first-order chi connectivity index (χ1) is 5.91. The summed E-state index contributed by atoms with van der Waals surface area (Å²) in [4.78, 5) is 0. The van der Waals surface area contributed by atoms with Crippen molar-refractivity contribution in [3.63, 3.8) is 0 Å². The molecule has 0 saturated carbocycles. The van der Waals surface area contributed by atoms with Crippen molar-refractivity contribution in [2.45, 2.75) is 19.8 Å². The Kier molecular flexibility index (Phi) is 10.8. The molecule has 3 heteroatoms. The summed E-state index contributed by atoms with van der Waals surface area (Å²) in [7, 11) is 1.97. The quantitative estimate of drug-likeness (QED) is 0.531. The number of hydrogen-bond donors (Lipinski definition) is 1. The van der Waals surface area contributed by atoms with Gasteiger partial charge in [0.15, 0.2) is 0 Å². The lowest BCUT2D eigenvalue weighted by Gasteiger charge is -2.03. The van der Waals surface area contributed by atoms with Crippen LogP contribution in [0.2, 0.25) is 0 Å². The molecule has 0 fully saturated rings. The highest BCUT2D eigenvalue weighted by molar-refractivity contribution is 4.41. The first kappa shape index (κ1) is 11.9. The maximum Gasteiger partial charge on any atom is 0.0700 e. The number of ether oxygens (including phenoxy) is 2. The normalized spacial score (nSPS) is 10.5. The molecule has 12 heavy (non-hydrogen) atoms. The molecule has 0 heterocycles. The topological polar surface area (TPSA) is 30.5 Å². The summed E-state index contributed by atoms with van der Waals surface area (Å²) < 4.78 is 10.5. The van der Waals surface area contributed by atoms with Crippen molar-refractivity contribution in [1.29, 1.82) is 0 Å². The molecule has 0 aliphatic rings. The third-order valence-corrected chi connectivity index (χ3v) is 1.54. The second kappa shape index (κ2) is 10.9. The lowest BCUT2D eigenvalue weighted by molar-refractivity contribution is 0.0515. The number of hydrogen-bond acceptors (Lipinski definition) is 3. The van der Waals surface area contributed by atoms with Gasteiger partial charge in [-0.2, -0.15) is 0 Å². The first-order valence-electron chi connectivity index (χ1n) is 4.72. The van der Waals surface area contributed by atoms with Crippen LogP contribution in [0.3, 0.4) is 0 Å². The third-order valence-electron chi connectivity index (χ3n) is 1.54. The van der Waals surface area contributed by atoms with Crippen LogP contribution in [-0.4, -0.2) is 40.0 Å². The molecule has 0 amide bonds. The Morgan fingerprint density at radius 1 is 1.00 bits per heavy atom. The molecule has 0 atom stereocenters. The fourth-order valence-corrected chi connectivity index (χ4v) is 0.870. The van der Waals surface area contributed by atoms with E-state index in [9.17, 15) is 0 Å². The molecule has 3 nitrogen and oxygen atoms in total. The van der Waals surface area contributed by atoms with Crippen LogP contribution >= 0.6 is 0 Å². The Morgan fingerprint density at radius 2 is 1.75 bits per heavy atom. The standard InChI is InChI=1S/C9H21NO2/c1-3-11-8-9-12-7-5-4-6-10-2/h10H,3-9H2,1-2H3. The Balaban J connectivity index is 2.73. The number of nitrogens with one attached hydrogen (secondary N) is 1. The molecule has 0 saturated heterocycles. The van der Waals surface area contributed by atoms with Crippen molar-refractivity contribution in [3.05, 3.63) is 0 Å². The highest BCUT2D eigenvalue weighted by Gasteiger charge is 1.88.